The number of ether oxygens (including phenoxy) is 1. The lowest BCUT2D eigenvalue weighted by Crippen LogP contribution is -2.22. The van der Waals surface area contributed by atoms with E-state index in [4.69, 9.17) is 4.74 Å². The van der Waals surface area contributed by atoms with Gasteiger partial charge in [0, 0.05) is 18.8 Å². The van der Waals surface area contributed by atoms with Crippen LogP contribution in [-0.2, 0) is 4.74 Å². The van der Waals surface area contributed by atoms with Crippen molar-refractivity contribution in [1.82, 2.24) is 0 Å². The number of hydrogen-bond donors (Lipinski definition) is 2. The lowest BCUT2D eigenvalue weighted by atomic mass is 10.2. The van der Waals surface area contributed by atoms with E-state index in [1.54, 1.807) is 25.1 Å². The molecule has 1 aromatic rings. The van der Waals surface area contributed by atoms with Crippen molar-refractivity contribution in [1.29, 1.82) is 0 Å². The quantitative estimate of drug-likeness (QED) is 0.761. The van der Waals surface area contributed by atoms with E-state index in [-0.39, 0.29) is 5.97 Å². The van der Waals surface area contributed by atoms with Gasteiger partial charge in [-0.15, -0.1) is 0 Å². The topological polar surface area (TPSA) is 70.0 Å². The van der Waals surface area contributed by atoms with Crippen LogP contribution in [0.4, 0.5) is 5.69 Å². The molecule has 1 saturated heterocycles. The van der Waals surface area contributed by atoms with Gasteiger partial charge in [-0.3, -0.25) is 0 Å². The van der Waals surface area contributed by atoms with Crippen LogP contribution in [0.25, 0.3) is 0 Å². The Hall–Kier alpha value is -1.59. The molecular weight excluding hydrogens is 234 g/mol. The van der Waals surface area contributed by atoms with Gasteiger partial charge in [0.2, 0.25) is 0 Å². The minimum Gasteiger partial charge on any atom is -0.462 e. The molecule has 0 aromatic heterocycles. The summed E-state index contributed by atoms with van der Waals surface area (Å²) in [6, 6.07) is 7.00. The zero-order valence-corrected chi connectivity index (χ0v) is 10.2. The fraction of sp³-hybridized carbons (Fsp3) is 0.462. The highest BCUT2D eigenvalue weighted by Gasteiger charge is 2.29. The molecule has 0 aliphatic carbocycles. The third kappa shape index (κ3) is 2.63. The first kappa shape index (κ1) is 12.9. The molecule has 1 fully saturated rings. The molecule has 5 heteroatoms. The number of hydrogen-bond acceptors (Lipinski definition) is 5. The lowest BCUT2D eigenvalue weighted by Gasteiger charge is -2.18. The van der Waals surface area contributed by atoms with Crippen LogP contribution in [0.3, 0.4) is 0 Å². The number of aliphatic hydroxyl groups excluding tert-OH is 2. The van der Waals surface area contributed by atoms with Crippen molar-refractivity contribution in [3.63, 3.8) is 0 Å². The maximum absolute atomic E-state index is 11.6. The van der Waals surface area contributed by atoms with Gasteiger partial charge in [0.15, 0.2) is 0 Å². The van der Waals surface area contributed by atoms with Gasteiger partial charge in [-0.05, 0) is 25.1 Å². The molecule has 5 nitrogen and oxygen atoms in total. The van der Waals surface area contributed by atoms with Crippen molar-refractivity contribution >= 4 is 11.7 Å². The molecule has 0 spiro atoms. The molecule has 2 N–H and O–H groups in total. The minimum atomic E-state index is -0.740. The first-order valence-electron chi connectivity index (χ1n) is 6.00. The number of carbonyl (C=O) groups is 1. The molecule has 0 saturated carbocycles. The van der Waals surface area contributed by atoms with Crippen molar-refractivity contribution in [2.45, 2.75) is 19.1 Å². The van der Waals surface area contributed by atoms with Crippen LogP contribution in [0.2, 0.25) is 0 Å². The Labute approximate surface area is 106 Å². The zero-order chi connectivity index (χ0) is 13.1. The molecule has 18 heavy (non-hydrogen) atoms. The van der Waals surface area contributed by atoms with Gasteiger partial charge >= 0.3 is 5.97 Å². The molecule has 1 aliphatic rings. The Morgan fingerprint density at radius 2 is 2.06 bits per heavy atom. The Morgan fingerprint density at radius 1 is 1.39 bits per heavy atom. The van der Waals surface area contributed by atoms with Gasteiger partial charge in [-0.2, -0.15) is 0 Å². The average Bonchev–Trinajstić information content (AvgIpc) is 2.70. The number of esters is 1. The van der Waals surface area contributed by atoms with Crippen molar-refractivity contribution in [2.75, 3.05) is 24.6 Å². The molecule has 2 unspecified atom stereocenters. The largest absolute Gasteiger partial charge is 0.462 e. The maximum atomic E-state index is 11.6. The number of aliphatic hydroxyl groups is 2. The Morgan fingerprint density at radius 3 is 2.67 bits per heavy atom. The Kier molecular flexibility index (Phi) is 3.84. The number of nitrogens with zero attached hydrogens (tertiary/aromatic N) is 1. The van der Waals surface area contributed by atoms with E-state index in [2.05, 4.69) is 0 Å². The summed E-state index contributed by atoms with van der Waals surface area (Å²) in [4.78, 5) is 13.4. The molecule has 0 radical (unpaired) electrons. The van der Waals surface area contributed by atoms with E-state index >= 15 is 0 Å². The SMILES string of the molecule is CCOC(=O)c1cccc(N2CC(O)C(O)C2)c1. The van der Waals surface area contributed by atoms with E-state index in [1.807, 2.05) is 11.0 Å². The van der Waals surface area contributed by atoms with E-state index in [0.29, 0.717) is 25.3 Å². The van der Waals surface area contributed by atoms with E-state index in [9.17, 15) is 15.0 Å². The predicted molar refractivity (Wildman–Crippen MR) is 66.6 cm³/mol. The predicted octanol–water partition coefficient (Wildman–Crippen LogP) is 0.405. The summed E-state index contributed by atoms with van der Waals surface area (Å²) in [5.74, 6) is -0.361. The molecule has 0 amide bonds. The number of β-amino-alcohol motifs (C(OH)–C–C–N with tert-alkyl or cyclic N) is 2. The molecule has 1 heterocycles. The molecule has 98 valence electrons. The second kappa shape index (κ2) is 5.37. The highest BCUT2D eigenvalue weighted by molar-refractivity contribution is 5.90. The molecule has 0 bridgehead atoms. The first-order valence-corrected chi connectivity index (χ1v) is 6.00. The van der Waals surface area contributed by atoms with Gasteiger partial charge in [-0.25, -0.2) is 4.79 Å². The second-order valence-electron chi connectivity index (χ2n) is 4.31. The van der Waals surface area contributed by atoms with Crippen molar-refractivity contribution in [2.24, 2.45) is 0 Å². The summed E-state index contributed by atoms with van der Waals surface area (Å²) >= 11 is 0. The lowest BCUT2D eigenvalue weighted by molar-refractivity contribution is 0.0526. The second-order valence-corrected chi connectivity index (χ2v) is 4.31. The van der Waals surface area contributed by atoms with E-state index in [1.165, 1.54) is 0 Å². The van der Waals surface area contributed by atoms with Crippen molar-refractivity contribution in [3.8, 4) is 0 Å². The number of carbonyl (C=O) groups excluding carboxylic acids is 1. The summed E-state index contributed by atoms with van der Waals surface area (Å²) in [6.45, 7) is 2.83. The monoisotopic (exact) mass is 251 g/mol. The van der Waals surface area contributed by atoms with Gasteiger partial charge in [0.1, 0.15) is 0 Å². The number of anilines is 1. The smallest absolute Gasteiger partial charge is 0.338 e. The molecule has 1 aromatic carbocycles. The third-order valence-electron chi connectivity index (χ3n) is 2.98. The fourth-order valence-corrected chi connectivity index (χ4v) is 2.02. The van der Waals surface area contributed by atoms with Crippen LogP contribution in [0.1, 0.15) is 17.3 Å². The van der Waals surface area contributed by atoms with E-state index in [0.717, 1.165) is 5.69 Å². The summed E-state index contributed by atoms with van der Waals surface area (Å²) in [5, 5.41) is 19.0. The molecule has 2 atom stereocenters. The summed E-state index contributed by atoms with van der Waals surface area (Å²) in [6.07, 6.45) is -1.48. The normalized spacial score (nSPS) is 23.2. The molecule has 2 rings (SSSR count). The fourth-order valence-electron chi connectivity index (χ4n) is 2.02. The van der Waals surface area contributed by atoms with Gasteiger partial charge in [0.05, 0.1) is 24.4 Å². The molecule has 1 aliphatic heterocycles. The zero-order valence-electron chi connectivity index (χ0n) is 10.2. The van der Waals surface area contributed by atoms with Crippen LogP contribution in [-0.4, -0.2) is 48.1 Å². The summed E-state index contributed by atoms with van der Waals surface area (Å²) in [7, 11) is 0. The summed E-state index contributed by atoms with van der Waals surface area (Å²) in [5.41, 5.74) is 1.28. The van der Waals surface area contributed by atoms with Crippen LogP contribution in [0.15, 0.2) is 24.3 Å². The van der Waals surface area contributed by atoms with Crippen LogP contribution < -0.4 is 4.90 Å². The summed E-state index contributed by atoms with van der Waals surface area (Å²) < 4.78 is 4.93. The van der Waals surface area contributed by atoms with Crippen LogP contribution >= 0.6 is 0 Å². The first-order chi connectivity index (χ1) is 8.61. The standard InChI is InChI=1S/C13H17NO4/c1-2-18-13(17)9-4-3-5-10(6-9)14-7-11(15)12(16)8-14/h3-6,11-12,15-16H,2,7-8H2,1H3. The van der Waals surface area contributed by atoms with Crippen molar-refractivity contribution < 1.29 is 19.7 Å². The Balaban J connectivity index is 2.15. The molecular formula is C13H17NO4. The Bertz CT molecular complexity index is 425. The van der Waals surface area contributed by atoms with Crippen LogP contribution in [0.5, 0.6) is 0 Å². The van der Waals surface area contributed by atoms with Gasteiger partial charge in [-0.1, -0.05) is 6.07 Å². The number of benzene rings is 1. The highest BCUT2D eigenvalue weighted by Crippen LogP contribution is 2.22. The van der Waals surface area contributed by atoms with E-state index < -0.39 is 12.2 Å². The maximum Gasteiger partial charge on any atom is 0.338 e. The van der Waals surface area contributed by atoms with Crippen molar-refractivity contribution in [3.05, 3.63) is 29.8 Å². The average molecular weight is 251 g/mol. The highest BCUT2D eigenvalue weighted by atomic mass is 16.5. The third-order valence-corrected chi connectivity index (χ3v) is 2.98. The number of rotatable bonds is 3. The van der Waals surface area contributed by atoms with Gasteiger partial charge < -0.3 is 19.8 Å². The minimum absolute atomic E-state index is 0.338. The van der Waals surface area contributed by atoms with Gasteiger partial charge in [0.25, 0.3) is 0 Å². The van der Waals surface area contributed by atoms with Crippen LogP contribution in [0, 0.1) is 0 Å².